The summed E-state index contributed by atoms with van der Waals surface area (Å²) in [4.78, 5) is 22.5. The minimum Gasteiger partial charge on any atom is -0.381 e. The van der Waals surface area contributed by atoms with Gasteiger partial charge in [0.15, 0.2) is 11.6 Å². The van der Waals surface area contributed by atoms with Crippen molar-refractivity contribution in [1.82, 2.24) is 0 Å². The average molecular weight is 1310 g/mol. The second-order valence-corrected chi connectivity index (χ2v) is 27.0. The first-order chi connectivity index (χ1) is 45.6. The van der Waals surface area contributed by atoms with Crippen molar-refractivity contribution >= 4 is 11.6 Å². The summed E-state index contributed by atoms with van der Waals surface area (Å²) in [5.74, 6) is 0.339. The van der Waals surface area contributed by atoms with Gasteiger partial charge in [-0.25, -0.2) is 0 Å². The van der Waals surface area contributed by atoms with Gasteiger partial charge >= 0.3 is 0 Å². The van der Waals surface area contributed by atoms with E-state index in [-0.39, 0.29) is 17.2 Å². The van der Waals surface area contributed by atoms with Crippen molar-refractivity contribution < 1.29 is 57.0 Å². The van der Waals surface area contributed by atoms with Crippen LogP contribution in [0.1, 0.15) is 347 Å². The lowest BCUT2D eigenvalue weighted by Crippen LogP contribution is -2.32. The lowest BCUT2D eigenvalue weighted by atomic mass is 9.85. The first kappa shape index (κ1) is 88.4. The van der Waals surface area contributed by atoms with E-state index in [2.05, 4.69) is 13.2 Å². The number of ether oxygens (including phenoxy) is 10. The summed E-state index contributed by atoms with van der Waals surface area (Å²) < 4.78 is 53.2. The van der Waals surface area contributed by atoms with Crippen LogP contribution in [-0.2, 0) is 57.0 Å². The van der Waals surface area contributed by atoms with E-state index in [1.54, 1.807) is 0 Å². The largest absolute Gasteiger partial charge is 0.381 e. The monoisotopic (exact) mass is 1310 g/mol. The van der Waals surface area contributed by atoms with Crippen LogP contribution in [0, 0.1) is 0 Å². The third-order valence-electron chi connectivity index (χ3n) is 18.2. The molecule has 0 aliphatic carbocycles. The third-order valence-corrected chi connectivity index (χ3v) is 18.2. The van der Waals surface area contributed by atoms with E-state index >= 15 is 0 Å². The predicted molar refractivity (Wildman–Crippen MR) is 386 cm³/mol. The average Bonchev–Trinajstić information content (AvgIpc) is 2.53. The van der Waals surface area contributed by atoms with Crippen LogP contribution in [0.3, 0.4) is 0 Å². The summed E-state index contributed by atoms with van der Waals surface area (Å²) in [7, 11) is 0. The fourth-order valence-electron chi connectivity index (χ4n) is 12.1. The summed E-state index contributed by atoms with van der Waals surface area (Å²) >= 11 is 0. The molecule has 0 radical (unpaired) electrons. The summed E-state index contributed by atoms with van der Waals surface area (Å²) in [6, 6.07) is 0. The van der Waals surface area contributed by atoms with Crippen LogP contribution in [0.2, 0.25) is 0 Å². The molecule has 10 rings (SSSR count). The fourth-order valence-corrected chi connectivity index (χ4v) is 12.1. The van der Waals surface area contributed by atoms with Gasteiger partial charge in [-0.3, -0.25) is 9.59 Å². The maximum absolute atomic E-state index is 11.3. The molecule has 92 heavy (non-hydrogen) atoms. The Morgan fingerprint density at radius 1 is 0.228 bits per heavy atom. The molecule has 0 unspecified atom stereocenters. The zero-order chi connectivity index (χ0) is 65.8. The van der Waals surface area contributed by atoms with Gasteiger partial charge in [0.25, 0.3) is 0 Å². The number of unbranched alkanes of at least 4 members (excludes halogenated alkanes) is 8. The number of hydrogen-bond acceptors (Lipinski definition) is 12. The molecule has 10 aliphatic heterocycles. The van der Waals surface area contributed by atoms with Crippen molar-refractivity contribution in [3.63, 3.8) is 0 Å². The number of ketones is 2. The third kappa shape index (κ3) is 69.8. The van der Waals surface area contributed by atoms with Crippen LogP contribution in [0.4, 0.5) is 0 Å². The van der Waals surface area contributed by atoms with Gasteiger partial charge in [0, 0.05) is 138 Å². The van der Waals surface area contributed by atoms with Gasteiger partial charge in [0.1, 0.15) is 0 Å². The first-order valence-corrected chi connectivity index (χ1v) is 39.8. The molecule has 10 saturated heterocycles. The Labute approximate surface area is 569 Å². The molecule has 544 valence electrons. The molecule has 10 heterocycles. The van der Waals surface area contributed by atoms with E-state index in [0.29, 0.717) is 12.8 Å². The van der Waals surface area contributed by atoms with Crippen molar-refractivity contribution in [2.75, 3.05) is 126 Å². The number of carbonyl (C=O) groups is 2. The van der Waals surface area contributed by atoms with Crippen LogP contribution < -0.4 is 0 Å². The zero-order valence-corrected chi connectivity index (χ0v) is 60.6. The van der Waals surface area contributed by atoms with E-state index in [1.807, 2.05) is 0 Å². The van der Waals surface area contributed by atoms with E-state index < -0.39 is 0 Å². The number of allylic oxidation sites excluding steroid dienone is 2. The molecule has 0 aromatic heterocycles. The molecule has 10 aliphatic rings. The Kier molecular flexibility index (Phi) is 73.8. The maximum Gasteiger partial charge on any atom is 0.155 e. The van der Waals surface area contributed by atoms with E-state index in [1.165, 1.54) is 320 Å². The quantitative estimate of drug-likeness (QED) is 0.0958. The maximum atomic E-state index is 11.3. The summed E-state index contributed by atoms with van der Waals surface area (Å²) in [6.45, 7) is 26.0. The van der Waals surface area contributed by atoms with Crippen molar-refractivity contribution in [3.8, 4) is 0 Å². The van der Waals surface area contributed by atoms with Crippen LogP contribution >= 0.6 is 0 Å². The van der Waals surface area contributed by atoms with Crippen molar-refractivity contribution in [3.05, 3.63) is 25.3 Å². The SMILES string of the molecule is C1CCCOCC1.C1CCCOCC1.C1CCCOCC1.C1CCCOCC1.C1CCCOCC1.C1CCCOCC1.C1CCCOCC1.C1CCCOCC1.C1CCCOCC1.C=CC(=O)CCCCCCCC1(CCCCCCCC(=O)C=C)CCCCCO1. The molecule has 10 fully saturated rings. The minimum atomic E-state index is 0.105. The van der Waals surface area contributed by atoms with E-state index in [4.69, 9.17) is 47.4 Å². The molecule has 12 nitrogen and oxygen atoms in total. The Morgan fingerprint density at radius 2 is 0.402 bits per heavy atom. The minimum absolute atomic E-state index is 0.105. The molecule has 0 bridgehead atoms. The Balaban J connectivity index is 0.000000553. The molecular formula is C80H152O12. The van der Waals surface area contributed by atoms with E-state index in [0.717, 1.165) is 151 Å². The van der Waals surface area contributed by atoms with Gasteiger partial charge in [-0.05, 0) is 166 Å². The van der Waals surface area contributed by atoms with Gasteiger partial charge in [-0.15, -0.1) is 0 Å². The first-order valence-electron chi connectivity index (χ1n) is 39.8. The topological polar surface area (TPSA) is 126 Å². The summed E-state index contributed by atoms with van der Waals surface area (Å²) in [5.41, 5.74) is 0.105. The number of hydrogen-bond donors (Lipinski definition) is 0. The van der Waals surface area contributed by atoms with Crippen molar-refractivity contribution in [2.24, 2.45) is 0 Å². The van der Waals surface area contributed by atoms with Gasteiger partial charge in [0.05, 0.1) is 5.60 Å². The number of rotatable bonds is 18. The van der Waals surface area contributed by atoms with Crippen LogP contribution in [-0.4, -0.2) is 143 Å². The molecule has 0 aromatic rings. The van der Waals surface area contributed by atoms with Crippen molar-refractivity contribution in [2.45, 2.75) is 352 Å². The fraction of sp³-hybridized carbons (Fsp3) is 0.925. The molecule has 0 saturated carbocycles. The lowest BCUT2D eigenvalue weighted by molar-refractivity contribution is -0.115. The normalized spacial score (nSPS) is 21.5. The summed E-state index contributed by atoms with van der Waals surface area (Å²) in [5, 5.41) is 0. The highest BCUT2D eigenvalue weighted by Gasteiger charge is 2.31. The molecule has 12 heteroatoms. The highest BCUT2D eigenvalue weighted by molar-refractivity contribution is 5.89. The molecular weight excluding hydrogens is 1150 g/mol. The summed E-state index contributed by atoms with van der Waals surface area (Å²) in [6.07, 6.45) is 71.0. The molecule has 0 aromatic carbocycles. The molecule has 0 spiro atoms. The Bertz CT molecular complexity index is 1060. The van der Waals surface area contributed by atoms with Crippen LogP contribution in [0.5, 0.6) is 0 Å². The predicted octanol–water partition coefficient (Wildman–Crippen LogP) is 21.5. The van der Waals surface area contributed by atoms with Gasteiger partial charge in [-0.2, -0.15) is 0 Å². The van der Waals surface area contributed by atoms with Crippen molar-refractivity contribution in [1.29, 1.82) is 0 Å². The second kappa shape index (κ2) is 76.8. The van der Waals surface area contributed by atoms with Crippen LogP contribution in [0.15, 0.2) is 25.3 Å². The Hall–Kier alpha value is -1.58. The second-order valence-electron chi connectivity index (χ2n) is 27.0. The standard InChI is InChI=1S/C26H44O3.9C6H12O/c1-3-24(27)18-12-7-5-9-14-20-26(22-16-11-17-23-29-26)21-15-10-6-8-13-19-25(28)4-2;9*1-2-4-6-7-5-3-1/h3-4H,1-2,5-23H2;9*1-6H2. The molecule has 0 amide bonds. The highest BCUT2D eigenvalue weighted by atomic mass is 16.5. The van der Waals surface area contributed by atoms with Gasteiger partial charge in [0.2, 0.25) is 0 Å². The highest BCUT2D eigenvalue weighted by Crippen LogP contribution is 2.35. The van der Waals surface area contributed by atoms with Crippen LogP contribution in [0.25, 0.3) is 0 Å². The van der Waals surface area contributed by atoms with Gasteiger partial charge < -0.3 is 47.4 Å². The molecule has 0 N–H and O–H groups in total. The smallest absolute Gasteiger partial charge is 0.155 e. The molecule has 0 atom stereocenters. The number of carbonyl (C=O) groups excluding carboxylic acids is 2. The lowest BCUT2D eigenvalue weighted by Gasteiger charge is -2.33. The Morgan fingerprint density at radius 3 is 0.609 bits per heavy atom. The van der Waals surface area contributed by atoms with Gasteiger partial charge in [-0.1, -0.05) is 193 Å². The van der Waals surface area contributed by atoms with E-state index in [9.17, 15) is 9.59 Å². The zero-order valence-electron chi connectivity index (χ0n) is 60.6.